The zero-order valence-corrected chi connectivity index (χ0v) is 12.6. The van der Waals surface area contributed by atoms with Gasteiger partial charge in [0.2, 0.25) is 0 Å². The number of carbonyl (C=O) groups is 2. The number of allylic oxidation sites excluding steroid dienone is 1. The molecule has 0 unspecified atom stereocenters. The van der Waals surface area contributed by atoms with Gasteiger partial charge in [-0.25, -0.2) is 4.79 Å². The van der Waals surface area contributed by atoms with Crippen LogP contribution in [0.4, 0.5) is 0 Å². The Morgan fingerprint density at radius 3 is 2.40 bits per heavy atom. The van der Waals surface area contributed by atoms with Gasteiger partial charge in [0.15, 0.2) is 5.78 Å². The molecule has 0 spiro atoms. The second-order valence-corrected chi connectivity index (χ2v) is 5.11. The maximum Gasteiger partial charge on any atom is 0.328 e. The Bertz CT molecular complexity index is 574. The predicted octanol–water partition coefficient (Wildman–Crippen LogP) is 3.57. The van der Waals surface area contributed by atoms with Crippen LogP contribution in [0.2, 0.25) is 5.02 Å². The van der Waals surface area contributed by atoms with Gasteiger partial charge in [-0.2, -0.15) is 0 Å². The number of rotatable bonds is 5. The minimum absolute atomic E-state index is 0.107. The maximum absolute atomic E-state index is 12.2. The predicted molar refractivity (Wildman–Crippen MR) is 77.8 cm³/mol. The molecule has 0 saturated carbocycles. The molecule has 4 nitrogen and oxygen atoms in total. The van der Waals surface area contributed by atoms with E-state index in [9.17, 15) is 9.59 Å². The van der Waals surface area contributed by atoms with E-state index in [4.69, 9.17) is 21.4 Å². The Morgan fingerprint density at radius 2 is 1.90 bits per heavy atom. The number of benzene rings is 1. The van der Waals surface area contributed by atoms with Crippen LogP contribution in [-0.4, -0.2) is 23.0 Å². The van der Waals surface area contributed by atoms with Crippen LogP contribution < -0.4 is 4.74 Å². The van der Waals surface area contributed by atoms with E-state index in [-0.39, 0.29) is 6.10 Å². The van der Waals surface area contributed by atoms with E-state index in [2.05, 4.69) is 0 Å². The van der Waals surface area contributed by atoms with Crippen LogP contribution in [-0.2, 0) is 4.79 Å². The summed E-state index contributed by atoms with van der Waals surface area (Å²) >= 11 is 6.09. The average Bonchev–Trinajstić information content (AvgIpc) is 2.33. The highest BCUT2D eigenvalue weighted by molar-refractivity contribution is 6.32. The standard InChI is InChI=1S/C15H17ClO4/c1-8(2)20-15-9(3)7-11(16)10(4)14(15)12(17)5-6-13(18)19/h5-8H,1-4H3,(H,18,19)/b6-5+. The number of carboxylic acid groups (broad SMARTS) is 1. The molecule has 0 saturated heterocycles. The Hall–Kier alpha value is -1.81. The molecule has 1 rings (SSSR count). The molecule has 1 aromatic carbocycles. The Kier molecular flexibility index (Phi) is 5.34. The summed E-state index contributed by atoms with van der Waals surface area (Å²) in [4.78, 5) is 22.7. The lowest BCUT2D eigenvalue weighted by Crippen LogP contribution is -2.12. The average molecular weight is 297 g/mol. The molecule has 0 fully saturated rings. The van der Waals surface area contributed by atoms with Crippen LogP contribution in [0, 0.1) is 13.8 Å². The number of carbonyl (C=O) groups excluding carboxylic acids is 1. The fourth-order valence-electron chi connectivity index (χ4n) is 1.77. The van der Waals surface area contributed by atoms with Crippen LogP contribution in [0.25, 0.3) is 0 Å². The van der Waals surface area contributed by atoms with Crippen molar-refractivity contribution in [2.24, 2.45) is 0 Å². The third kappa shape index (κ3) is 3.84. The van der Waals surface area contributed by atoms with E-state index in [1.807, 2.05) is 13.8 Å². The van der Waals surface area contributed by atoms with Crippen molar-refractivity contribution >= 4 is 23.4 Å². The first kappa shape index (κ1) is 16.2. The summed E-state index contributed by atoms with van der Waals surface area (Å²) in [6.45, 7) is 7.20. The van der Waals surface area contributed by atoms with Gasteiger partial charge in [0, 0.05) is 11.1 Å². The largest absolute Gasteiger partial charge is 0.490 e. The quantitative estimate of drug-likeness (QED) is 0.666. The van der Waals surface area contributed by atoms with Crippen molar-refractivity contribution in [1.82, 2.24) is 0 Å². The second kappa shape index (κ2) is 6.57. The van der Waals surface area contributed by atoms with E-state index in [0.717, 1.165) is 17.7 Å². The van der Waals surface area contributed by atoms with Gasteiger partial charge < -0.3 is 9.84 Å². The number of aryl methyl sites for hydroxylation is 1. The third-order valence-electron chi connectivity index (χ3n) is 2.64. The Balaban J connectivity index is 3.41. The summed E-state index contributed by atoms with van der Waals surface area (Å²) in [5, 5.41) is 9.06. The van der Waals surface area contributed by atoms with Crippen LogP contribution in [0.3, 0.4) is 0 Å². The molecule has 0 radical (unpaired) electrons. The first-order chi connectivity index (χ1) is 9.23. The number of hydrogen-bond acceptors (Lipinski definition) is 3. The van der Waals surface area contributed by atoms with Crippen molar-refractivity contribution < 1.29 is 19.4 Å². The smallest absolute Gasteiger partial charge is 0.328 e. The molecule has 1 N–H and O–H groups in total. The SMILES string of the molecule is Cc1cc(Cl)c(C)c(C(=O)/C=C/C(=O)O)c1OC(C)C. The van der Waals surface area contributed by atoms with E-state index >= 15 is 0 Å². The molecule has 0 aromatic heterocycles. The van der Waals surface area contributed by atoms with Crippen molar-refractivity contribution in [2.45, 2.75) is 33.8 Å². The van der Waals surface area contributed by atoms with Crippen molar-refractivity contribution in [3.05, 3.63) is 39.9 Å². The normalized spacial score (nSPS) is 11.1. The van der Waals surface area contributed by atoms with Gasteiger partial charge >= 0.3 is 5.97 Å². The number of ether oxygens (including phenoxy) is 1. The van der Waals surface area contributed by atoms with Gasteiger partial charge in [0.05, 0.1) is 11.7 Å². The van der Waals surface area contributed by atoms with Gasteiger partial charge in [-0.05, 0) is 51.0 Å². The molecular weight excluding hydrogens is 280 g/mol. The Morgan fingerprint density at radius 1 is 1.30 bits per heavy atom. The monoisotopic (exact) mass is 296 g/mol. The number of hydrogen-bond donors (Lipinski definition) is 1. The summed E-state index contributed by atoms with van der Waals surface area (Å²) in [7, 11) is 0. The molecule has 0 aliphatic rings. The lowest BCUT2D eigenvalue weighted by Gasteiger charge is -2.18. The van der Waals surface area contributed by atoms with Gasteiger partial charge in [-0.1, -0.05) is 11.6 Å². The van der Waals surface area contributed by atoms with Crippen LogP contribution >= 0.6 is 11.6 Å². The van der Waals surface area contributed by atoms with E-state index in [1.165, 1.54) is 0 Å². The fraction of sp³-hybridized carbons (Fsp3) is 0.333. The molecular formula is C15H17ClO4. The molecule has 0 heterocycles. The molecule has 0 atom stereocenters. The lowest BCUT2D eigenvalue weighted by atomic mass is 9.99. The van der Waals surface area contributed by atoms with E-state index in [1.54, 1.807) is 19.9 Å². The van der Waals surface area contributed by atoms with Gasteiger partial charge in [0.1, 0.15) is 5.75 Å². The number of carboxylic acids is 1. The van der Waals surface area contributed by atoms with Gasteiger partial charge in [-0.15, -0.1) is 0 Å². The minimum atomic E-state index is -1.18. The van der Waals surface area contributed by atoms with Gasteiger partial charge in [-0.3, -0.25) is 4.79 Å². The number of ketones is 1. The number of aliphatic carboxylic acids is 1. The van der Waals surface area contributed by atoms with Crippen molar-refractivity contribution in [2.75, 3.05) is 0 Å². The summed E-state index contributed by atoms with van der Waals surface area (Å²) in [6, 6.07) is 1.73. The molecule has 20 heavy (non-hydrogen) atoms. The highest BCUT2D eigenvalue weighted by atomic mass is 35.5. The molecule has 0 aliphatic carbocycles. The van der Waals surface area contributed by atoms with Crippen molar-refractivity contribution in [3.63, 3.8) is 0 Å². The molecule has 0 bridgehead atoms. The fourth-order valence-corrected chi connectivity index (χ4v) is 2.02. The summed E-state index contributed by atoms with van der Waals surface area (Å²) in [6.07, 6.45) is 1.70. The van der Waals surface area contributed by atoms with Crippen molar-refractivity contribution in [1.29, 1.82) is 0 Å². The maximum atomic E-state index is 12.2. The summed E-state index contributed by atoms with van der Waals surface area (Å²) in [5.41, 5.74) is 1.62. The van der Waals surface area contributed by atoms with Gasteiger partial charge in [0.25, 0.3) is 0 Å². The Labute approximate surface area is 123 Å². The van der Waals surface area contributed by atoms with E-state index < -0.39 is 11.8 Å². The molecule has 1 aromatic rings. The molecule has 0 amide bonds. The van der Waals surface area contributed by atoms with Crippen LogP contribution in [0.1, 0.15) is 35.3 Å². The molecule has 5 heteroatoms. The number of halogens is 1. The highest BCUT2D eigenvalue weighted by Gasteiger charge is 2.19. The minimum Gasteiger partial charge on any atom is -0.490 e. The summed E-state index contributed by atoms with van der Waals surface area (Å²) in [5.74, 6) is -1.17. The topological polar surface area (TPSA) is 63.6 Å². The lowest BCUT2D eigenvalue weighted by molar-refractivity contribution is -0.131. The van der Waals surface area contributed by atoms with Crippen LogP contribution in [0.5, 0.6) is 5.75 Å². The second-order valence-electron chi connectivity index (χ2n) is 4.71. The molecule has 108 valence electrons. The first-order valence-corrected chi connectivity index (χ1v) is 6.53. The van der Waals surface area contributed by atoms with E-state index in [0.29, 0.717) is 21.9 Å². The first-order valence-electron chi connectivity index (χ1n) is 6.15. The zero-order chi connectivity index (χ0) is 15.4. The van der Waals surface area contributed by atoms with Crippen molar-refractivity contribution in [3.8, 4) is 5.75 Å². The summed E-state index contributed by atoms with van der Waals surface area (Å²) < 4.78 is 5.68. The zero-order valence-electron chi connectivity index (χ0n) is 11.9. The third-order valence-corrected chi connectivity index (χ3v) is 3.03. The highest BCUT2D eigenvalue weighted by Crippen LogP contribution is 2.33. The van der Waals surface area contributed by atoms with Crippen LogP contribution in [0.15, 0.2) is 18.2 Å². The molecule has 0 aliphatic heterocycles.